The van der Waals surface area contributed by atoms with Crippen LogP contribution in [0.1, 0.15) is 30.9 Å². The molecule has 0 radical (unpaired) electrons. The fourth-order valence-electron chi connectivity index (χ4n) is 5.52. The summed E-state index contributed by atoms with van der Waals surface area (Å²) < 4.78 is 71.3. The minimum absolute atomic E-state index is 0.142. The third-order valence-electron chi connectivity index (χ3n) is 7.88. The van der Waals surface area contributed by atoms with Crippen molar-refractivity contribution in [2.24, 2.45) is 5.41 Å². The van der Waals surface area contributed by atoms with Crippen LogP contribution in [0.3, 0.4) is 0 Å². The topological polar surface area (TPSA) is 148 Å². The number of aliphatic carboxylic acids is 1. The van der Waals surface area contributed by atoms with Crippen LogP contribution >= 0.6 is 0 Å². The van der Waals surface area contributed by atoms with E-state index in [0.29, 0.717) is 55.8 Å². The van der Waals surface area contributed by atoms with Crippen molar-refractivity contribution in [3.63, 3.8) is 0 Å². The molecule has 1 spiro atoms. The molecule has 2 aliphatic heterocycles. The van der Waals surface area contributed by atoms with Gasteiger partial charge in [0.15, 0.2) is 9.84 Å². The fourth-order valence-corrected chi connectivity index (χ4v) is 6.16. The second-order valence-corrected chi connectivity index (χ2v) is 12.9. The number of hydrogen-bond donors (Lipinski definition) is 3. The molecule has 0 amide bonds. The van der Waals surface area contributed by atoms with Gasteiger partial charge in [-0.3, -0.25) is 4.79 Å². The maximum atomic E-state index is 14.2. The van der Waals surface area contributed by atoms with Gasteiger partial charge in [-0.15, -0.1) is 0 Å². The van der Waals surface area contributed by atoms with Crippen LogP contribution in [-0.2, 0) is 14.6 Å². The van der Waals surface area contributed by atoms with Crippen LogP contribution < -0.4 is 20.7 Å². The van der Waals surface area contributed by atoms with Gasteiger partial charge in [0.1, 0.15) is 11.9 Å². The number of anilines is 2. The van der Waals surface area contributed by atoms with Gasteiger partial charge >= 0.3 is 12.1 Å². The van der Waals surface area contributed by atoms with Crippen LogP contribution in [0.4, 0.5) is 24.9 Å². The summed E-state index contributed by atoms with van der Waals surface area (Å²) >= 11 is 0. The lowest BCUT2D eigenvalue weighted by Gasteiger charge is -2.39. The molecular weight excluding hydrogens is 575 g/mol. The molecule has 42 heavy (non-hydrogen) atoms. The number of benzene rings is 2. The summed E-state index contributed by atoms with van der Waals surface area (Å²) in [5, 5.41) is 12.4. The number of rotatable bonds is 7. The van der Waals surface area contributed by atoms with E-state index in [1.807, 2.05) is 4.90 Å². The van der Waals surface area contributed by atoms with Crippen molar-refractivity contribution in [1.29, 1.82) is 0 Å². The molecule has 2 atom stereocenters. The molecule has 2 saturated heterocycles. The number of carboxylic acid groups (broad SMARTS) is 1. The van der Waals surface area contributed by atoms with E-state index in [-0.39, 0.29) is 27.7 Å². The molecule has 3 heterocycles. The predicted octanol–water partition coefficient (Wildman–Crippen LogP) is 3.84. The molecule has 1 unspecified atom stereocenters. The first kappa shape index (κ1) is 29.6. The van der Waals surface area contributed by atoms with E-state index in [0.717, 1.165) is 6.26 Å². The molecule has 10 nitrogen and oxygen atoms in total. The zero-order valence-corrected chi connectivity index (χ0v) is 23.5. The fraction of sp³-hybridized carbons (Fsp3) is 0.393. The van der Waals surface area contributed by atoms with Gasteiger partial charge < -0.3 is 25.8 Å². The summed E-state index contributed by atoms with van der Waals surface area (Å²) in [4.78, 5) is 21.5. The Hall–Kier alpha value is -3.91. The van der Waals surface area contributed by atoms with Gasteiger partial charge in [-0.05, 0) is 47.9 Å². The first-order chi connectivity index (χ1) is 19.7. The zero-order valence-electron chi connectivity index (χ0n) is 22.6. The third kappa shape index (κ3) is 6.44. The van der Waals surface area contributed by atoms with Gasteiger partial charge in [-0.25, -0.2) is 8.42 Å². The minimum Gasteiger partial charge on any atom is -0.480 e. The van der Waals surface area contributed by atoms with E-state index < -0.39 is 34.1 Å². The monoisotopic (exact) mass is 605 g/mol. The summed E-state index contributed by atoms with van der Waals surface area (Å²) in [5.41, 5.74) is 6.79. The van der Waals surface area contributed by atoms with Crippen LogP contribution in [0, 0.1) is 5.41 Å². The van der Waals surface area contributed by atoms with E-state index >= 15 is 0 Å². The number of halogens is 3. The van der Waals surface area contributed by atoms with Crippen LogP contribution in [0.15, 0.2) is 59.5 Å². The van der Waals surface area contributed by atoms with E-state index in [4.69, 9.17) is 10.5 Å². The Morgan fingerprint density at radius 2 is 1.69 bits per heavy atom. The van der Waals surface area contributed by atoms with E-state index in [2.05, 4.69) is 15.3 Å². The molecule has 0 saturated carbocycles. The smallest absolute Gasteiger partial charge is 0.429 e. The number of nitrogens with one attached hydrogen (secondary N) is 1. The average molecular weight is 606 g/mol. The number of carboxylic acids is 1. The van der Waals surface area contributed by atoms with Crippen molar-refractivity contribution in [1.82, 2.24) is 15.3 Å². The maximum Gasteiger partial charge on any atom is 0.429 e. The minimum atomic E-state index is -4.77. The Balaban J connectivity index is 1.32. The number of carbonyl (C=O) groups is 1. The number of nitrogen functional groups attached to an aromatic ring is 1. The second kappa shape index (κ2) is 11.1. The van der Waals surface area contributed by atoms with E-state index in [1.54, 1.807) is 12.1 Å². The summed E-state index contributed by atoms with van der Waals surface area (Å²) in [7, 11) is -3.38. The molecular formula is C28H30F3N5O5S. The molecule has 5 rings (SSSR count). The van der Waals surface area contributed by atoms with Gasteiger partial charge in [0.05, 0.1) is 4.90 Å². The highest BCUT2D eigenvalue weighted by Crippen LogP contribution is 2.41. The van der Waals surface area contributed by atoms with Crippen molar-refractivity contribution >= 4 is 27.6 Å². The molecule has 3 aromatic rings. The summed E-state index contributed by atoms with van der Waals surface area (Å²) in [6.45, 7) is 1.65. The number of piperidine rings is 1. The molecule has 2 aromatic carbocycles. The van der Waals surface area contributed by atoms with Crippen molar-refractivity contribution in [2.45, 2.75) is 42.5 Å². The maximum absolute atomic E-state index is 14.2. The quantitative estimate of drug-likeness (QED) is 0.363. The van der Waals surface area contributed by atoms with Gasteiger partial charge in [0.2, 0.25) is 17.9 Å². The normalized spacial score (nSPS) is 19.5. The Morgan fingerprint density at radius 1 is 1.10 bits per heavy atom. The highest BCUT2D eigenvalue weighted by molar-refractivity contribution is 7.90. The molecule has 1 aromatic heterocycles. The Labute approximate surface area is 240 Å². The lowest BCUT2D eigenvalue weighted by atomic mass is 9.76. The highest BCUT2D eigenvalue weighted by Gasteiger charge is 2.45. The van der Waals surface area contributed by atoms with Gasteiger partial charge in [0, 0.05) is 37.5 Å². The number of sulfone groups is 1. The zero-order chi connectivity index (χ0) is 30.3. The number of hydrogen-bond acceptors (Lipinski definition) is 9. The van der Waals surface area contributed by atoms with Crippen molar-refractivity contribution in [3.05, 3.63) is 60.2 Å². The molecule has 2 aliphatic rings. The van der Waals surface area contributed by atoms with Crippen LogP contribution in [-0.4, -0.2) is 67.6 Å². The number of aromatic nitrogens is 2. The summed E-state index contributed by atoms with van der Waals surface area (Å²) in [6, 6.07) is 12.4. The van der Waals surface area contributed by atoms with E-state index in [1.165, 1.54) is 42.5 Å². The number of alkyl halides is 3. The van der Waals surface area contributed by atoms with Crippen LogP contribution in [0.5, 0.6) is 5.88 Å². The van der Waals surface area contributed by atoms with Gasteiger partial charge in [0.25, 0.3) is 0 Å². The number of nitrogens with two attached hydrogens (primary N) is 1. The van der Waals surface area contributed by atoms with E-state index in [9.17, 15) is 31.5 Å². The second-order valence-electron chi connectivity index (χ2n) is 10.8. The van der Waals surface area contributed by atoms with Gasteiger partial charge in [-0.1, -0.05) is 36.4 Å². The first-order valence-electron chi connectivity index (χ1n) is 13.2. The third-order valence-corrected chi connectivity index (χ3v) is 9.01. The molecule has 0 bridgehead atoms. The largest absolute Gasteiger partial charge is 0.480 e. The Bertz CT molecular complexity index is 1560. The van der Waals surface area contributed by atoms with Gasteiger partial charge in [-0.2, -0.15) is 23.1 Å². The lowest BCUT2D eigenvalue weighted by Crippen LogP contribution is -2.41. The Kier molecular flexibility index (Phi) is 7.79. The van der Waals surface area contributed by atoms with Crippen LogP contribution in [0.25, 0.3) is 11.1 Å². The summed E-state index contributed by atoms with van der Waals surface area (Å²) in [5.74, 6) is -1.10. The molecule has 2 fully saturated rings. The molecule has 0 aliphatic carbocycles. The Morgan fingerprint density at radius 3 is 2.21 bits per heavy atom. The molecule has 224 valence electrons. The summed E-state index contributed by atoms with van der Waals surface area (Å²) in [6.07, 6.45) is -4.10. The number of nitrogens with zero attached hydrogens (tertiary/aromatic N) is 3. The van der Waals surface area contributed by atoms with Crippen LogP contribution in [0.2, 0.25) is 0 Å². The average Bonchev–Trinajstić information content (AvgIpc) is 3.35. The SMILES string of the molecule is CS(=O)(=O)c1ccc(-c2ccc([C@@H](Oc3cc(N4CCC5(CC4)CNC(C(=O)O)C5)nc(N)n3)C(F)(F)F)cc2)cc1. The predicted molar refractivity (Wildman–Crippen MR) is 149 cm³/mol. The number of ether oxygens (including phenoxy) is 1. The van der Waals surface area contributed by atoms with Crippen molar-refractivity contribution < 1.29 is 36.2 Å². The van der Waals surface area contributed by atoms with Crippen molar-refractivity contribution in [3.8, 4) is 17.0 Å². The molecule has 14 heteroatoms. The lowest BCUT2D eigenvalue weighted by molar-refractivity contribution is -0.198. The standard InChI is InChI=1S/C28H30F3N5O5S/c1-42(39,40)20-8-6-18(7-9-20)17-2-4-19(5-3-17)24(28(29,30)31)41-23-14-22(34-26(32)35-23)36-12-10-27(11-13-36)15-21(25(37)38)33-16-27/h2-9,14,21,24,33H,10-13,15-16H2,1H3,(H,37,38)(H2,32,34,35)/t21?,24-/m1/s1. The first-order valence-corrected chi connectivity index (χ1v) is 15.1. The van der Waals surface area contributed by atoms with Crippen molar-refractivity contribution in [2.75, 3.05) is 36.5 Å². The highest BCUT2D eigenvalue weighted by atomic mass is 32.2. The molecule has 4 N–H and O–H groups in total.